The molecule has 3 N–H and O–H groups in total. The van der Waals surface area contributed by atoms with Gasteiger partial charge in [0.1, 0.15) is 18.2 Å². The Bertz CT molecular complexity index is 710. The van der Waals surface area contributed by atoms with Crippen LogP contribution in [0.15, 0.2) is 27.9 Å². The minimum Gasteiger partial charge on any atom is -0.461 e. The maximum atomic E-state index is 11.8. The first-order valence-corrected chi connectivity index (χ1v) is 6.80. The zero-order valence-corrected chi connectivity index (χ0v) is 12.7. The number of carbonyl (C=O) groups excluding carboxylic acids is 1. The summed E-state index contributed by atoms with van der Waals surface area (Å²) in [6.45, 7) is 4.69. The molecular weight excluding hydrogens is 290 g/mol. The largest absolute Gasteiger partial charge is 0.461 e. The second-order valence-corrected chi connectivity index (χ2v) is 5.75. The lowest BCUT2D eigenvalue weighted by Crippen LogP contribution is -2.43. The number of rotatable bonds is 4. The molecule has 1 aromatic rings. The zero-order chi connectivity index (χ0) is 16.5. The van der Waals surface area contributed by atoms with Crippen LogP contribution < -0.4 is 17.0 Å². The van der Waals surface area contributed by atoms with E-state index in [4.69, 9.17) is 15.2 Å². The highest BCUT2D eigenvalue weighted by Gasteiger charge is 2.27. The van der Waals surface area contributed by atoms with E-state index >= 15 is 0 Å². The van der Waals surface area contributed by atoms with Crippen molar-refractivity contribution in [2.24, 2.45) is 5.73 Å². The van der Waals surface area contributed by atoms with Crippen LogP contribution in [-0.4, -0.2) is 33.8 Å². The summed E-state index contributed by atoms with van der Waals surface area (Å²) >= 11 is 0. The molecule has 1 aliphatic rings. The Morgan fingerprint density at radius 3 is 2.77 bits per heavy atom. The summed E-state index contributed by atoms with van der Waals surface area (Å²) in [7, 11) is 0. The van der Waals surface area contributed by atoms with E-state index in [-0.39, 0.29) is 6.61 Å². The number of aromatic amines is 1. The minimum absolute atomic E-state index is 0.00352. The molecule has 8 nitrogen and oxygen atoms in total. The van der Waals surface area contributed by atoms with Gasteiger partial charge in [-0.3, -0.25) is 19.1 Å². The van der Waals surface area contributed by atoms with Crippen molar-refractivity contribution < 1.29 is 14.3 Å². The highest BCUT2D eigenvalue weighted by Crippen LogP contribution is 2.20. The molecule has 22 heavy (non-hydrogen) atoms. The fraction of sp³-hybridized carbons (Fsp3) is 0.500. The van der Waals surface area contributed by atoms with Crippen molar-refractivity contribution in [1.29, 1.82) is 0 Å². The van der Waals surface area contributed by atoms with Crippen LogP contribution in [0, 0.1) is 6.92 Å². The number of nitrogens with zero attached hydrogens (tertiary/aromatic N) is 1. The Labute approximate surface area is 126 Å². The molecule has 0 spiro atoms. The van der Waals surface area contributed by atoms with Gasteiger partial charge in [-0.1, -0.05) is 6.08 Å². The predicted molar refractivity (Wildman–Crippen MR) is 78.3 cm³/mol. The van der Waals surface area contributed by atoms with Gasteiger partial charge in [0.2, 0.25) is 0 Å². The molecule has 0 bridgehead atoms. The van der Waals surface area contributed by atoms with Crippen LogP contribution in [0.1, 0.15) is 25.6 Å². The zero-order valence-electron chi connectivity index (χ0n) is 12.7. The van der Waals surface area contributed by atoms with Crippen molar-refractivity contribution in [3.63, 3.8) is 0 Å². The van der Waals surface area contributed by atoms with Crippen LogP contribution in [0.2, 0.25) is 0 Å². The molecule has 0 saturated carbocycles. The Morgan fingerprint density at radius 2 is 2.14 bits per heavy atom. The van der Waals surface area contributed by atoms with Crippen LogP contribution in [-0.2, 0) is 14.3 Å². The first kappa shape index (κ1) is 16.2. The van der Waals surface area contributed by atoms with E-state index in [9.17, 15) is 14.4 Å². The lowest BCUT2D eigenvalue weighted by molar-refractivity contribution is -0.152. The monoisotopic (exact) mass is 309 g/mol. The molecule has 0 aliphatic carbocycles. The summed E-state index contributed by atoms with van der Waals surface area (Å²) in [5.74, 6) is -0.537. The number of H-pyrrole nitrogens is 1. The molecule has 0 aromatic carbocycles. The Kier molecular flexibility index (Phi) is 4.34. The van der Waals surface area contributed by atoms with E-state index in [1.165, 1.54) is 10.8 Å². The molecular formula is C14H19N3O5. The SMILES string of the molecule is Cc1cn(C2C=CC(COC(=O)C(C)(C)N)O2)c(=O)[nH]c1=O. The number of nitrogens with two attached hydrogens (primary N) is 1. The smallest absolute Gasteiger partial charge is 0.330 e. The molecule has 120 valence electrons. The van der Waals surface area contributed by atoms with Crippen molar-refractivity contribution in [3.05, 3.63) is 44.8 Å². The average molecular weight is 309 g/mol. The van der Waals surface area contributed by atoms with Crippen LogP contribution in [0.25, 0.3) is 0 Å². The van der Waals surface area contributed by atoms with Crippen molar-refractivity contribution >= 4 is 5.97 Å². The maximum Gasteiger partial charge on any atom is 0.330 e. The van der Waals surface area contributed by atoms with Crippen molar-refractivity contribution in [2.45, 2.75) is 38.6 Å². The van der Waals surface area contributed by atoms with Crippen LogP contribution in [0.5, 0.6) is 0 Å². The second kappa shape index (κ2) is 5.90. The molecule has 2 unspecified atom stereocenters. The summed E-state index contributed by atoms with van der Waals surface area (Å²) in [5, 5.41) is 0. The number of carbonyl (C=O) groups is 1. The number of aromatic nitrogens is 2. The Balaban J connectivity index is 2.01. The van der Waals surface area contributed by atoms with E-state index < -0.39 is 35.1 Å². The summed E-state index contributed by atoms with van der Waals surface area (Å²) in [5.41, 5.74) is 3.95. The molecule has 8 heteroatoms. The summed E-state index contributed by atoms with van der Waals surface area (Å²) in [4.78, 5) is 36.9. The maximum absolute atomic E-state index is 11.8. The number of esters is 1. The lowest BCUT2D eigenvalue weighted by Gasteiger charge is -2.19. The summed E-state index contributed by atoms with van der Waals surface area (Å²) < 4.78 is 11.9. The van der Waals surface area contributed by atoms with E-state index in [1.807, 2.05) is 0 Å². The van der Waals surface area contributed by atoms with Crippen molar-refractivity contribution in [3.8, 4) is 0 Å². The van der Waals surface area contributed by atoms with Gasteiger partial charge in [-0.05, 0) is 26.8 Å². The predicted octanol–water partition coefficient (Wildman–Crippen LogP) is -0.421. The number of nitrogens with one attached hydrogen (secondary N) is 1. The van der Waals surface area contributed by atoms with Crippen LogP contribution in [0.4, 0.5) is 0 Å². The fourth-order valence-corrected chi connectivity index (χ4v) is 1.86. The Hall–Kier alpha value is -2.19. The van der Waals surface area contributed by atoms with Crippen LogP contribution in [0.3, 0.4) is 0 Å². The summed E-state index contributed by atoms with van der Waals surface area (Å²) in [6.07, 6.45) is 3.64. The van der Waals surface area contributed by atoms with Gasteiger partial charge in [0, 0.05) is 11.8 Å². The highest BCUT2D eigenvalue weighted by molar-refractivity contribution is 5.79. The molecule has 2 heterocycles. The second-order valence-electron chi connectivity index (χ2n) is 5.75. The van der Waals surface area contributed by atoms with E-state index in [1.54, 1.807) is 32.9 Å². The molecule has 0 radical (unpaired) electrons. The molecule has 2 rings (SSSR count). The molecule has 0 amide bonds. The normalized spacial score (nSPS) is 21.1. The van der Waals surface area contributed by atoms with Gasteiger partial charge >= 0.3 is 11.7 Å². The lowest BCUT2D eigenvalue weighted by atomic mass is 10.1. The third kappa shape index (κ3) is 3.52. The molecule has 1 aliphatic heterocycles. The van der Waals surface area contributed by atoms with Gasteiger partial charge < -0.3 is 15.2 Å². The topological polar surface area (TPSA) is 116 Å². The van der Waals surface area contributed by atoms with E-state index in [0.717, 1.165) is 0 Å². The molecule has 1 aromatic heterocycles. The van der Waals surface area contributed by atoms with Crippen molar-refractivity contribution in [1.82, 2.24) is 9.55 Å². The Morgan fingerprint density at radius 1 is 1.45 bits per heavy atom. The van der Waals surface area contributed by atoms with Gasteiger partial charge in [0.25, 0.3) is 5.56 Å². The van der Waals surface area contributed by atoms with Gasteiger partial charge in [-0.15, -0.1) is 0 Å². The first-order chi connectivity index (χ1) is 10.2. The number of hydrogen-bond acceptors (Lipinski definition) is 6. The third-order valence-corrected chi connectivity index (χ3v) is 3.13. The highest BCUT2D eigenvalue weighted by atomic mass is 16.6. The summed E-state index contributed by atoms with van der Waals surface area (Å²) in [6, 6.07) is 0. The number of hydrogen-bond donors (Lipinski definition) is 2. The minimum atomic E-state index is -1.07. The standard InChI is InChI=1S/C14H19N3O5/c1-8-6-17(13(20)16-11(8)18)10-5-4-9(22-10)7-21-12(19)14(2,3)15/h4-6,9-10H,7,15H2,1-3H3,(H,16,18,20). The van der Waals surface area contributed by atoms with Gasteiger partial charge in [0.15, 0.2) is 6.23 Å². The van der Waals surface area contributed by atoms with Crippen LogP contribution >= 0.6 is 0 Å². The quantitative estimate of drug-likeness (QED) is 0.576. The fourth-order valence-electron chi connectivity index (χ4n) is 1.86. The number of ether oxygens (including phenoxy) is 2. The molecule has 0 fully saturated rings. The molecule has 0 saturated heterocycles. The van der Waals surface area contributed by atoms with E-state index in [0.29, 0.717) is 5.56 Å². The van der Waals surface area contributed by atoms with Gasteiger partial charge in [-0.25, -0.2) is 4.79 Å². The number of aryl methyl sites for hydroxylation is 1. The van der Waals surface area contributed by atoms with Gasteiger partial charge in [-0.2, -0.15) is 0 Å². The molecule has 2 atom stereocenters. The average Bonchev–Trinajstić information content (AvgIpc) is 2.87. The van der Waals surface area contributed by atoms with Crippen molar-refractivity contribution in [2.75, 3.05) is 6.61 Å². The first-order valence-electron chi connectivity index (χ1n) is 6.80. The van der Waals surface area contributed by atoms with E-state index in [2.05, 4.69) is 4.98 Å². The third-order valence-electron chi connectivity index (χ3n) is 3.13. The van der Waals surface area contributed by atoms with Gasteiger partial charge in [0.05, 0.1) is 0 Å².